The number of benzene rings is 1. The zero-order valence-electron chi connectivity index (χ0n) is 11.5. The van der Waals surface area contributed by atoms with Crippen molar-refractivity contribution >= 4 is 28.2 Å². The number of H-pyrrole nitrogens is 1. The number of non-ortho nitro benzene ring substituents is 1. The van der Waals surface area contributed by atoms with Crippen LogP contribution < -0.4 is 0 Å². The second-order valence-electron chi connectivity index (χ2n) is 4.66. The van der Waals surface area contributed by atoms with Crippen LogP contribution >= 0.6 is 0 Å². The third-order valence-corrected chi connectivity index (χ3v) is 3.23. The highest BCUT2D eigenvalue weighted by Crippen LogP contribution is 2.37. The van der Waals surface area contributed by atoms with Gasteiger partial charge in [-0.05, 0) is 12.5 Å². The first-order chi connectivity index (χ1) is 9.93. The van der Waals surface area contributed by atoms with Crippen LogP contribution in [0.3, 0.4) is 0 Å². The van der Waals surface area contributed by atoms with E-state index in [9.17, 15) is 20.0 Å². The van der Waals surface area contributed by atoms with E-state index in [4.69, 9.17) is 0 Å². The Morgan fingerprint density at radius 2 is 2.24 bits per heavy atom. The SMILES string of the molecule is CCC(C)C(=O)N=Nc1c(O)[nH]c2ccc([N+](=O)[O-])cc12. The second kappa shape index (κ2) is 5.70. The molecule has 0 saturated carbocycles. The predicted molar refractivity (Wildman–Crippen MR) is 75.6 cm³/mol. The molecule has 1 amide bonds. The van der Waals surface area contributed by atoms with Gasteiger partial charge in [-0.25, -0.2) is 0 Å². The minimum atomic E-state index is -0.547. The molecule has 110 valence electrons. The molecule has 0 fully saturated rings. The van der Waals surface area contributed by atoms with Gasteiger partial charge in [-0.2, -0.15) is 0 Å². The van der Waals surface area contributed by atoms with E-state index in [2.05, 4.69) is 15.2 Å². The van der Waals surface area contributed by atoms with Crippen molar-refractivity contribution in [3.63, 3.8) is 0 Å². The minimum absolute atomic E-state index is 0.0188. The third kappa shape index (κ3) is 2.88. The number of azo groups is 1. The van der Waals surface area contributed by atoms with Crippen molar-refractivity contribution in [2.75, 3.05) is 0 Å². The van der Waals surface area contributed by atoms with Crippen molar-refractivity contribution in [1.82, 2.24) is 4.98 Å². The van der Waals surface area contributed by atoms with E-state index in [1.807, 2.05) is 6.92 Å². The van der Waals surface area contributed by atoms with Crippen LogP contribution in [-0.4, -0.2) is 20.9 Å². The van der Waals surface area contributed by atoms with E-state index in [1.54, 1.807) is 6.92 Å². The summed E-state index contributed by atoms with van der Waals surface area (Å²) >= 11 is 0. The van der Waals surface area contributed by atoms with Crippen LogP contribution in [0.2, 0.25) is 0 Å². The Morgan fingerprint density at radius 1 is 1.52 bits per heavy atom. The molecule has 0 saturated heterocycles. The highest BCUT2D eigenvalue weighted by atomic mass is 16.6. The van der Waals surface area contributed by atoms with Crippen molar-refractivity contribution in [2.45, 2.75) is 20.3 Å². The fourth-order valence-corrected chi connectivity index (χ4v) is 1.74. The van der Waals surface area contributed by atoms with Crippen LogP contribution in [0.15, 0.2) is 28.4 Å². The number of aromatic amines is 1. The number of nitro benzene ring substituents is 1. The molecule has 0 radical (unpaired) electrons. The lowest BCUT2D eigenvalue weighted by Gasteiger charge is -1.99. The van der Waals surface area contributed by atoms with E-state index in [0.717, 1.165) is 0 Å². The van der Waals surface area contributed by atoms with Gasteiger partial charge in [-0.3, -0.25) is 14.9 Å². The monoisotopic (exact) mass is 290 g/mol. The van der Waals surface area contributed by atoms with Gasteiger partial charge in [0.15, 0.2) is 5.69 Å². The molecule has 1 unspecified atom stereocenters. The molecule has 0 aliphatic carbocycles. The second-order valence-corrected chi connectivity index (χ2v) is 4.66. The van der Waals surface area contributed by atoms with Crippen LogP contribution in [0.4, 0.5) is 11.4 Å². The average Bonchev–Trinajstić information content (AvgIpc) is 2.78. The lowest BCUT2D eigenvalue weighted by atomic mass is 10.1. The van der Waals surface area contributed by atoms with E-state index in [1.165, 1.54) is 18.2 Å². The molecule has 1 heterocycles. The summed E-state index contributed by atoms with van der Waals surface area (Å²) in [5.41, 5.74) is 0.361. The smallest absolute Gasteiger partial charge is 0.270 e. The fourth-order valence-electron chi connectivity index (χ4n) is 1.74. The zero-order chi connectivity index (χ0) is 15.6. The summed E-state index contributed by atoms with van der Waals surface area (Å²) in [5.74, 6) is -0.960. The molecule has 2 rings (SSSR count). The number of hydrogen-bond acceptors (Lipinski definition) is 5. The van der Waals surface area contributed by atoms with Gasteiger partial charge in [-0.1, -0.05) is 13.8 Å². The summed E-state index contributed by atoms with van der Waals surface area (Å²) in [7, 11) is 0. The molecule has 1 aromatic carbocycles. The van der Waals surface area contributed by atoms with Crippen LogP contribution in [0.1, 0.15) is 20.3 Å². The predicted octanol–water partition coefficient (Wildman–Crippen LogP) is 3.44. The molecule has 0 spiro atoms. The van der Waals surface area contributed by atoms with Crippen LogP contribution in [0, 0.1) is 16.0 Å². The Hall–Kier alpha value is -2.77. The van der Waals surface area contributed by atoms with Gasteiger partial charge in [0.2, 0.25) is 5.88 Å². The van der Waals surface area contributed by atoms with Gasteiger partial charge in [0.05, 0.1) is 10.4 Å². The molecular weight excluding hydrogens is 276 g/mol. The first-order valence-corrected chi connectivity index (χ1v) is 6.38. The number of fused-ring (bicyclic) bond motifs is 1. The molecule has 0 aliphatic rings. The highest BCUT2D eigenvalue weighted by molar-refractivity contribution is 5.95. The number of nitrogens with one attached hydrogen (secondary N) is 1. The number of hydrogen-bond donors (Lipinski definition) is 2. The van der Waals surface area contributed by atoms with Gasteiger partial charge >= 0.3 is 0 Å². The molecular formula is C13H14N4O4. The highest BCUT2D eigenvalue weighted by Gasteiger charge is 2.16. The number of rotatable bonds is 4. The first-order valence-electron chi connectivity index (χ1n) is 6.38. The summed E-state index contributed by atoms with van der Waals surface area (Å²) in [4.78, 5) is 24.5. The Kier molecular flexibility index (Phi) is 3.97. The molecule has 0 bridgehead atoms. The summed E-state index contributed by atoms with van der Waals surface area (Å²) in [5, 5.41) is 28.2. The maximum atomic E-state index is 11.6. The summed E-state index contributed by atoms with van der Waals surface area (Å²) in [6.07, 6.45) is 0.628. The van der Waals surface area contributed by atoms with Crippen molar-refractivity contribution in [2.24, 2.45) is 16.1 Å². The quantitative estimate of drug-likeness (QED) is 0.508. The Balaban J connectivity index is 2.45. The number of amides is 1. The third-order valence-electron chi connectivity index (χ3n) is 3.23. The average molecular weight is 290 g/mol. The maximum Gasteiger partial charge on any atom is 0.270 e. The molecule has 8 nitrogen and oxygen atoms in total. The summed E-state index contributed by atoms with van der Waals surface area (Å²) in [6, 6.07) is 4.04. The number of nitro groups is 1. The zero-order valence-corrected chi connectivity index (χ0v) is 11.5. The molecule has 2 aromatic rings. The summed E-state index contributed by atoms with van der Waals surface area (Å²) in [6.45, 7) is 3.58. The molecule has 8 heteroatoms. The molecule has 0 aliphatic heterocycles. The lowest BCUT2D eigenvalue weighted by molar-refractivity contribution is -0.384. The van der Waals surface area contributed by atoms with Gasteiger partial charge in [0, 0.05) is 23.4 Å². The largest absolute Gasteiger partial charge is 0.493 e. The summed E-state index contributed by atoms with van der Waals surface area (Å²) < 4.78 is 0. The first kappa shape index (κ1) is 14.6. The van der Waals surface area contributed by atoms with Gasteiger partial charge < -0.3 is 10.1 Å². The van der Waals surface area contributed by atoms with E-state index in [-0.39, 0.29) is 23.2 Å². The minimum Gasteiger partial charge on any atom is -0.493 e. The van der Waals surface area contributed by atoms with Crippen molar-refractivity contribution < 1.29 is 14.8 Å². The van der Waals surface area contributed by atoms with Crippen LogP contribution in [0.5, 0.6) is 5.88 Å². The standard InChI is InChI=1S/C13H14N4O4/c1-3-7(2)12(18)16-15-11-9-6-8(17(20)21)4-5-10(9)14-13(11)19/h4-7,14,19H,3H2,1-2H3. The number of nitrogens with zero attached hydrogens (tertiary/aromatic N) is 3. The number of aromatic nitrogens is 1. The molecule has 1 aromatic heterocycles. The van der Waals surface area contributed by atoms with Gasteiger partial charge in [-0.15, -0.1) is 10.2 Å². The number of aromatic hydroxyl groups is 1. The maximum absolute atomic E-state index is 11.6. The van der Waals surface area contributed by atoms with Crippen molar-refractivity contribution in [3.05, 3.63) is 28.3 Å². The van der Waals surface area contributed by atoms with E-state index >= 15 is 0 Å². The molecule has 2 N–H and O–H groups in total. The topological polar surface area (TPSA) is 121 Å². The number of carbonyl (C=O) groups is 1. The van der Waals surface area contributed by atoms with E-state index < -0.39 is 10.8 Å². The van der Waals surface area contributed by atoms with Crippen molar-refractivity contribution in [3.8, 4) is 5.88 Å². The van der Waals surface area contributed by atoms with Crippen molar-refractivity contribution in [1.29, 1.82) is 0 Å². The number of carbonyl (C=O) groups excluding carboxylic acids is 1. The van der Waals surface area contributed by atoms with Crippen LogP contribution in [0.25, 0.3) is 10.9 Å². The van der Waals surface area contributed by atoms with Gasteiger partial charge in [0.1, 0.15) is 0 Å². The van der Waals surface area contributed by atoms with Gasteiger partial charge in [0.25, 0.3) is 11.6 Å². The lowest BCUT2D eigenvalue weighted by Crippen LogP contribution is -2.05. The Bertz CT molecular complexity index is 735. The van der Waals surface area contributed by atoms with Crippen LogP contribution in [-0.2, 0) is 4.79 Å². The Labute approximate surface area is 119 Å². The molecule has 1 atom stereocenters. The Morgan fingerprint density at radius 3 is 2.86 bits per heavy atom. The fraction of sp³-hybridized carbons (Fsp3) is 0.308. The van der Waals surface area contributed by atoms with E-state index in [0.29, 0.717) is 17.3 Å². The normalized spacial score (nSPS) is 12.9. The molecule has 21 heavy (non-hydrogen) atoms.